The zero-order chi connectivity index (χ0) is 26.2. The fourth-order valence-electron chi connectivity index (χ4n) is 5.28. The van der Waals surface area contributed by atoms with Crippen molar-refractivity contribution in [2.45, 2.75) is 44.8 Å². The molecular weight excluding hydrogens is 487 g/mol. The number of piperidine rings is 2. The van der Waals surface area contributed by atoms with Crippen molar-refractivity contribution in [3.8, 4) is 0 Å². The number of anilines is 2. The number of fused-ring (bicyclic) bond motifs is 1. The van der Waals surface area contributed by atoms with E-state index in [1.807, 2.05) is 0 Å². The molecule has 9 nitrogen and oxygen atoms in total. The molecule has 0 saturated carbocycles. The molecule has 5 rings (SSSR count). The zero-order valence-electron chi connectivity index (χ0n) is 20.4. The second kappa shape index (κ2) is 9.73. The Hall–Kier alpha value is -3.54. The standard InChI is InChI=1S/C25H28F3N7O2/c1-16(17-13-18(25(26,27)28)15-19(14-17)35(36)37)31-22-20-3-2-8-30-21(20)32-23(33-22)34-11-6-24(7-12-34)4-9-29-10-5-24/h2-3,8,13-16,29H,4-7,9-12H2,1H3,(H,30,31,32,33). The van der Waals surface area contributed by atoms with Crippen LogP contribution in [0.1, 0.15) is 49.8 Å². The summed E-state index contributed by atoms with van der Waals surface area (Å²) >= 11 is 0. The minimum atomic E-state index is -4.71. The van der Waals surface area contributed by atoms with Gasteiger partial charge in [0, 0.05) is 31.4 Å². The summed E-state index contributed by atoms with van der Waals surface area (Å²) in [5.41, 5.74) is -0.733. The third-order valence-electron chi connectivity index (χ3n) is 7.56. The van der Waals surface area contributed by atoms with E-state index in [1.54, 1.807) is 25.3 Å². The van der Waals surface area contributed by atoms with Crippen LogP contribution in [0.4, 0.5) is 30.6 Å². The van der Waals surface area contributed by atoms with Crippen LogP contribution in [0.2, 0.25) is 0 Å². The summed E-state index contributed by atoms with van der Waals surface area (Å²) in [6.07, 6.45) is 1.33. The second-order valence-electron chi connectivity index (χ2n) is 9.92. The Morgan fingerprint density at radius 1 is 1.14 bits per heavy atom. The normalized spacial score (nSPS) is 18.6. The monoisotopic (exact) mass is 515 g/mol. The fourth-order valence-corrected chi connectivity index (χ4v) is 5.28. The SMILES string of the molecule is CC(Nc1nc(N2CCC3(CCNCC3)CC2)nc2ncccc12)c1cc([N+](=O)[O-])cc(C(F)(F)F)c1. The third-order valence-corrected chi connectivity index (χ3v) is 7.56. The fraction of sp³-hybridized carbons (Fsp3) is 0.480. The first kappa shape index (κ1) is 25.1. The number of aromatic nitrogens is 3. The van der Waals surface area contributed by atoms with Gasteiger partial charge in [0.15, 0.2) is 5.65 Å². The maximum absolute atomic E-state index is 13.4. The van der Waals surface area contributed by atoms with Crippen LogP contribution in [0, 0.1) is 15.5 Å². The first-order valence-corrected chi connectivity index (χ1v) is 12.4. The van der Waals surface area contributed by atoms with E-state index in [0.717, 1.165) is 64.0 Å². The number of nitro groups is 1. The molecule has 12 heteroatoms. The van der Waals surface area contributed by atoms with Crippen molar-refractivity contribution < 1.29 is 18.1 Å². The Kier molecular flexibility index (Phi) is 6.61. The van der Waals surface area contributed by atoms with E-state index in [2.05, 4.69) is 25.5 Å². The Bertz CT molecular complexity index is 1300. The Morgan fingerprint density at radius 3 is 2.54 bits per heavy atom. The number of pyridine rings is 1. The molecule has 2 aromatic heterocycles. The second-order valence-corrected chi connectivity index (χ2v) is 9.92. The minimum absolute atomic E-state index is 0.129. The van der Waals surface area contributed by atoms with Crippen LogP contribution in [-0.2, 0) is 6.18 Å². The predicted octanol–water partition coefficient (Wildman–Crippen LogP) is 5.09. The van der Waals surface area contributed by atoms with Gasteiger partial charge in [-0.2, -0.15) is 23.1 Å². The predicted molar refractivity (Wildman–Crippen MR) is 133 cm³/mol. The first-order chi connectivity index (χ1) is 17.6. The highest BCUT2D eigenvalue weighted by Gasteiger charge is 2.36. The Balaban J connectivity index is 1.44. The maximum atomic E-state index is 13.4. The Morgan fingerprint density at radius 2 is 1.86 bits per heavy atom. The van der Waals surface area contributed by atoms with Gasteiger partial charge in [0.05, 0.1) is 21.9 Å². The van der Waals surface area contributed by atoms with E-state index in [1.165, 1.54) is 0 Å². The molecule has 2 aliphatic heterocycles. The van der Waals surface area contributed by atoms with Crippen molar-refractivity contribution in [2.75, 3.05) is 36.4 Å². The molecule has 0 bridgehead atoms. The van der Waals surface area contributed by atoms with Gasteiger partial charge < -0.3 is 15.5 Å². The topological polar surface area (TPSA) is 109 Å². The molecule has 1 unspecified atom stereocenters. The van der Waals surface area contributed by atoms with Gasteiger partial charge in [0.2, 0.25) is 5.95 Å². The number of hydrogen-bond donors (Lipinski definition) is 2. The molecule has 4 heterocycles. The van der Waals surface area contributed by atoms with Gasteiger partial charge in [-0.15, -0.1) is 0 Å². The molecule has 0 aliphatic carbocycles. The third kappa shape index (κ3) is 5.29. The summed E-state index contributed by atoms with van der Waals surface area (Å²) in [4.78, 5) is 26.4. The molecule has 2 aliphatic rings. The summed E-state index contributed by atoms with van der Waals surface area (Å²) in [5.74, 6) is 0.933. The number of rotatable bonds is 5. The number of hydrogen-bond acceptors (Lipinski definition) is 8. The maximum Gasteiger partial charge on any atom is 0.416 e. The molecule has 3 aromatic rings. The summed E-state index contributed by atoms with van der Waals surface area (Å²) in [7, 11) is 0. The molecule has 0 radical (unpaired) electrons. The first-order valence-electron chi connectivity index (χ1n) is 12.4. The molecule has 2 fully saturated rings. The summed E-state index contributed by atoms with van der Waals surface area (Å²) in [6.45, 7) is 5.34. The molecule has 1 spiro atoms. The van der Waals surface area contributed by atoms with Crippen LogP contribution in [-0.4, -0.2) is 46.1 Å². The van der Waals surface area contributed by atoms with E-state index >= 15 is 0 Å². The van der Waals surface area contributed by atoms with E-state index in [-0.39, 0.29) is 5.56 Å². The van der Waals surface area contributed by atoms with E-state index < -0.39 is 28.4 Å². The lowest BCUT2D eigenvalue weighted by atomic mass is 9.72. The number of nitrogens with one attached hydrogen (secondary N) is 2. The van der Waals surface area contributed by atoms with E-state index in [0.29, 0.717) is 34.3 Å². The van der Waals surface area contributed by atoms with Gasteiger partial charge in [0.25, 0.3) is 5.69 Å². The zero-order valence-corrected chi connectivity index (χ0v) is 20.4. The van der Waals surface area contributed by atoms with Gasteiger partial charge in [0.1, 0.15) is 5.82 Å². The van der Waals surface area contributed by atoms with Crippen molar-refractivity contribution >= 4 is 28.5 Å². The highest BCUT2D eigenvalue weighted by Crippen LogP contribution is 2.40. The van der Waals surface area contributed by atoms with E-state index in [9.17, 15) is 23.3 Å². The van der Waals surface area contributed by atoms with Gasteiger partial charge in [-0.1, -0.05) is 0 Å². The van der Waals surface area contributed by atoms with Gasteiger partial charge in [-0.25, -0.2) is 4.98 Å². The lowest BCUT2D eigenvalue weighted by Gasteiger charge is -2.44. The van der Waals surface area contributed by atoms with Gasteiger partial charge in [-0.05, 0) is 74.9 Å². The number of alkyl halides is 3. The molecule has 0 amide bonds. The summed E-state index contributed by atoms with van der Waals surface area (Å²) in [5, 5.41) is 18.5. The van der Waals surface area contributed by atoms with Crippen molar-refractivity contribution in [2.24, 2.45) is 5.41 Å². The van der Waals surface area contributed by atoms with Crippen LogP contribution in [0.5, 0.6) is 0 Å². The van der Waals surface area contributed by atoms with Crippen LogP contribution < -0.4 is 15.5 Å². The van der Waals surface area contributed by atoms with Crippen molar-refractivity contribution in [3.05, 3.63) is 57.8 Å². The Labute approximate surface area is 211 Å². The molecule has 2 N–H and O–H groups in total. The highest BCUT2D eigenvalue weighted by molar-refractivity contribution is 5.87. The largest absolute Gasteiger partial charge is 0.416 e. The van der Waals surface area contributed by atoms with Crippen molar-refractivity contribution in [1.82, 2.24) is 20.3 Å². The number of nitro benzene ring substituents is 1. The minimum Gasteiger partial charge on any atom is -0.363 e. The lowest BCUT2D eigenvalue weighted by molar-refractivity contribution is -0.385. The van der Waals surface area contributed by atoms with Crippen molar-refractivity contribution in [1.29, 1.82) is 0 Å². The smallest absolute Gasteiger partial charge is 0.363 e. The van der Waals surface area contributed by atoms with Crippen LogP contribution in [0.3, 0.4) is 0 Å². The van der Waals surface area contributed by atoms with Crippen LogP contribution >= 0.6 is 0 Å². The number of nitrogens with zero attached hydrogens (tertiary/aromatic N) is 5. The van der Waals surface area contributed by atoms with Gasteiger partial charge in [-0.3, -0.25) is 10.1 Å². The van der Waals surface area contributed by atoms with Crippen molar-refractivity contribution in [3.63, 3.8) is 0 Å². The molecule has 2 saturated heterocycles. The molecule has 1 aromatic carbocycles. The molecule has 196 valence electrons. The molecule has 1 atom stereocenters. The number of non-ortho nitro benzene ring substituents is 1. The van der Waals surface area contributed by atoms with E-state index in [4.69, 9.17) is 4.98 Å². The summed E-state index contributed by atoms with van der Waals surface area (Å²) < 4.78 is 40.3. The molecular formula is C25H28F3N7O2. The quantitative estimate of drug-likeness (QED) is 0.357. The highest BCUT2D eigenvalue weighted by atomic mass is 19.4. The number of halogens is 3. The average molecular weight is 516 g/mol. The van der Waals surface area contributed by atoms with Crippen LogP contribution in [0.25, 0.3) is 11.0 Å². The lowest BCUT2D eigenvalue weighted by Crippen LogP contribution is -2.46. The number of benzene rings is 1. The van der Waals surface area contributed by atoms with Gasteiger partial charge >= 0.3 is 6.18 Å². The van der Waals surface area contributed by atoms with Crippen LogP contribution in [0.15, 0.2) is 36.5 Å². The molecule has 37 heavy (non-hydrogen) atoms. The summed E-state index contributed by atoms with van der Waals surface area (Å²) in [6, 6.07) is 5.44. The average Bonchev–Trinajstić information content (AvgIpc) is 2.88.